The lowest BCUT2D eigenvalue weighted by Gasteiger charge is -2.00. The number of nitroso groups, excluding NO2 is 1. The van der Waals surface area contributed by atoms with Crippen molar-refractivity contribution < 1.29 is 9.47 Å². The van der Waals surface area contributed by atoms with Crippen LogP contribution in [-0.4, -0.2) is 16.2 Å². The predicted molar refractivity (Wildman–Crippen MR) is 77.2 cm³/mol. The highest BCUT2D eigenvalue weighted by atomic mass is 35.5. The second-order valence-electron chi connectivity index (χ2n) is 4.52. The summed E-state index contributed by atoms with van der Waals surface area (Å²) in [5, 5.41) is 3.59. The highest BCUT2D eigenvalue weighted by molar-refractivity contribution is 6.30. The summed E-state index contributed by atoms with van der Waals surface area (Å²) in [6.07, 6.45) is 1.61. The Hall–Kier alpha value is -2.60. The van der Waals surface area contributed by atoms with E-state index in [2.05, 4.69) is 10.2 Å². The van der Waals surface area contributed by atoms with Gasteiger partial charge in [-0.1, -0.05) is 11.6 Å². The van der Waals surface area contributed by atoms with E-state index in [4.69, 9.17) is 21.1 Å². The Bertz CT molecular complexity index is 875. The number of rotatable bonds is 2. The Labute approximate surface area is 123 Å². The zero-order chi connectivity index (χ0) is 14.4. The number of imidazole rings is 1. The molecular formula is C14H8ClN3O3. The normalized spacial score (nSPS) is 12.8. The monoisotopic (exact) mass is 301 g/mol. The number of halogens is 1. The SMILES string of the molecule is O=Nc1c(-c2ccc3c(c2)OCO3)nc2ccc(Cl)cn12. The van der Waals surface area contributed by atoms with E-state index in [1.165, 1.54) is 0 Å². The first-order valence-corrected chi connectivity index (χ1v) is 6.55. The first-order valence-electron chi connectivity index (χ1n) is 6.17. The molecule has 2 aromatic heterocycles. The van der Waals surface area contributed by atoms with Crippen molar-refractivity contribution in [3.63, 3.8) is 0 Å². The molecular weight excluding hydrogens is 294 g/mol. The van der Waals surface area contributed by atoms with Crippen LogP contribution in [0, 0.1) is 4.91 Å². The van der Waals surface area contributed by atoms with Crippen molar-refractivity contribution in [2.24, 2.45) is 5.18 Å². The van der Waals surface area contributed by atoms with Gasteiger partial charge in [0.25, 0.3) is 0 Å². The summed E-state index contributed by atoms with van der Waals surface area (Å²) >= 11 is 5.95. The Kier molecular flexibility index (Phi) is 2.58. The molecule has 21 heavy (non-hydrogen) atoms. The molecule has 1 aliphatic rings. The van der Waals surface area contributed by atoms with E-state index in [1.807, 2.05) is 6.07 Å². The molecule has 0 fully saturated rings. The lowest BCUT2D eigenvalue weighted by atomic mass is 10.1. The number of fused-ring (bicyclic) bond motifs is 2. The summed E-state index contributed by atoms with van der Waals surface area (Å²) in [7, 11) is 0. The van der Waals surface area contributed by atoms with Crippen LogP contribution in [0.5, 0.6) is 11.5 Å². The van der Waals surface area contributed by atoms with Gasteiger partial charge >= 0.3 is 0 Å². The number of hydrogen-bond acceptors (Lipinski definition) is 5. The molecule has 0 amide bonds. The van der Waals surface area contributed by atoms with Crippen molar-refractivity contribution in [2.75, 3.05) is 6.79 Å². The average molecular weight is 302 g/mol. The van der Waals surface area contributed by atoms with Gasteiger partial charge in [-0.05, 0) is 35.5 Å². The van der Waals surface area contributed by atoms with E-state index in [1.54, 1.807) is 34.9 Å². The van der Waals surface area contributed by atoms with Gasteiger partial charge in [0, 0.05) is 11.8 Å². The molecule has 0 radical (unpaired) electrons. The Morgan fingerprint density at radius 2 is 2.05 bits per heavy atom. The van der Waals surface area contributed by atoms with Gasteiger partial charge in [-0.25, -0.2) is 4.98 Å². The number of aromatic nitrogens is 2. The molecule has 0 N–H and O–H groups in total. The summed E-state index contributed by atoms with van der Waals surface area (Å²) in [6, 6.07) is 8.81. The number of nitrogens with zero attached hydrogens (tertiary/aromatic N) is 3. The Morgan fingerprint density at radius 1 is 1.19 bits per heavy atom. The van der Waals surface area contributed by atoms with Gasteiger partial charge in [0.1, 0.15) is 11.3 Å². The molecule has 0 saturated carbocycles. The average Bonchev–Trinajstić information content (AvgIpc) is 3.09. The van der Waals surface area contributed by atoms with Gasteiger partial charge in [0.2, 0.25) is 12.6 Å². The molecule has 6 nitrogen and oxygen atoms in total. The van der Waals surface area contributed by atoms with Crippen LogP contribution >= 0.6 is 11.6 Å². The minimum atomic E-state index is 0.193. The number of benzene rings is 1. The lowest BCUT2D eigenvalue weighted by Crippen LogP contribution is -1.92. The lowest BCUT2D eigenvalue weighted by molar-refractivity contribution is 0.174. The predicted octanol–water partition coefficient (Wildman–Crippen LogP) is 3.78. The molecule has 3 heterocycles. The van der Waals surface area contributed by atoms with Gasteiger partial charge in [-0.3, -0.25) is 4.40 Å². The summed E-state index contributed by atoms with van der Waals surface area (Å²) in [6.45, 7) is 0.193. The number of hydrogen-bond donors (Lipinski definition) is 0. The van der Waals surface area contributed by atoms with Crippen molar-refractivity contribution in [3.05, 3.63) is 46.5 Å². The van der Waals surface area contributed by atoms with Crippen LogP contribution in [0.4, 0.5) is 5.82 Å². The Morgan fingerprint density at radius 3 is 2.90 bits per heavy atom. The maximum Gasteiger partial charge on any atom is 0.231 e. The third kappa shape index (κ3) is 1.84. The van der Waals surface area contributed by atoms with Crippen molar-refractivity contribution >= 4 is 23.1 Å². The molecule has 1 aromatic carbocycles. The first kappa shape index (κ1) is 12.2. The fourth-order valence-electron chi connectivity index (χ4n) is 2.33. The van der Waals surface area contributed by atoms with Crippen molar-refractivity contribution in [3.8, 4) is 22.8 Å². The third-order valence-corrected chi connectivity index (χ3v) is 3.51. The van der Waals surface area contributed by atoms with Crippen LogP contribution in [0.3, 0.4) is 0 Å². The van der Waals surface area contributed by atoms with Gasteiger partial charge in [0.15, 0.2) is 11.5 Å². The summed E-state index contributed by atoms with van der Waals surface area (Å²) in [5.74, 6) is 1.50. The van der Waals surface area contributed by atoms with E-state index in [0.717, 1.165) is 5.56 Å². The van der Waals surface area contributed by atoms with Gasteiger partial charge in [-0.15, -0.1) is 4.91 Å². The maximum atomic E-state index is 11.2. The standard InChI is InChI=1S/C14H8ClN3O3/c15-9-2-4-12-16-13(14(17-19)18(12)6-9)8-1-3-10-11(5-8)21-7-20-10/h1-6H,7H2. The van der Waals surface area contributed by atoms with E-state index in [-0.39, 0.29) is 12.6 Å². The van der Waals surface area contributed by atoms with Crippen LogP contribution in [0.15, 0.2) is 41.7 Å². The van der Waals surface area contributed by atoms with Crippen LogP contribution in [0.25, 0.3) is 16.9 Å². The van der Waals surface area contributed by atoms with Crippen LogP contribution < -0.4 is 9.47 Å². The molecule has 0 aliphatic carbocycles. The minimum absolute atomic E-state index is 0.193. The smallest absolute Gasteiger partial charge is 0.231 e. The number of ether oxygens (including phenoxy) is 2. The fourth-order valence-corrected chi connectivity index (χ4v) is 2.49. The van der Waals surface area contributed by atoms with E-state index in [0.29, 0.717) is 27.9 Å². The Balaban J connectivity index is 1.95. The highest BCUT2D eigenvalue weighted by Crippen LogP contribution is 2.38. The molecule has 0 bridgehead atoms. The van der Waals surface area contributed by atoms with E-state index >= 15 is 0 Å². The molecule has 7 heteroatoms. The summed E-state index contributed by atoms with van der Waals surface area (Å²) in [5.41, 5.74) is 1.81. The number of pyridine rings is 1. The second-order valence-corrected chi connectivity index (χ2v) is 4.96. The molecule has 0 unspecified atom stereocenters. The quantitative estimate of drug-likeness (QED) is 0.676. The molecule has 0 saturated heterocycles. The first-order chi connectivity index (χ1) is 10.3. The summed E-state index contributed by atoms with van der Waals surface area (Å²) < 4.78 is 12.2. The van der Waals surface area contributed by atoms with E-state index in [9.17, 15) is 4.91 Å². The maximum absolute atomic E-state index is 11.2. The largest absolute Gasteiger partial charge is 0.454 e. The highest BCUT2D eigenvalue weighted by Gasteiger charge is 2.19. The van der Waals surface area contributed by atoms with Gasteiger partial charge < -0.3 is 9.47 Å². The van der Waals surface area contributed by atoms with Crippen molar-refractivity contribution in [1.29, 1.82) is 0 Å². The second kappa shape index (κ2) is 4.46. The van der Waals surface area contributed by atoms with Gasteiger partial charge in [-0.2, -0.15) is 0 Å². The zero-order valence-corrected chi connectivity index (χ0v) is 11.4. The molecule has 0 spiro atoms. The fraction of sp³-hybridized carbons (Fsp3) is 0.0714. The summed E-state index contributed by atoms with van der Waals surface area (Å²) in [4.78, 5) is 15.6. The van der Waals surface area contributed by atoms with Crippen molar-refractivity contribution in [1.82, 2.24) is 9.38 Å². The molecule has 4 rings (SSSR count). The molecule has 104 valence electrons. The van der Waals surface area contributed by atoms with Crippen LogP contribution in [0.2, 0.25) is 5.02 Å². The minimum Gasteiger partial charge on any atom is -0.454 e. The van der Waals surface area contributed by atoms with Crippen molar-refractivity contribution in [2.45, 2.75) is 0 Å². The van der Waals surface area contributed by atoms with Gasteiger partial charge in [0.05, 0.1) is 5.02 Å². The molecule has 1 aliphatic heterocycles. The van der Waals surface area contributed by atoms with E-state index < -0.39 is 0 Å². The van der Waals surface area contributed by atoms with Crippen LogP contribution in [-0.2, 0) is 0 Å². The molecule has 3 aromatic rings. The zero-order valence-electron chi connectivity index (χ0n) is 10.6. The van der Waals surface area contributed by atoms with Crippen LogP contribution in [0.1, 0.15) is 0 Å². The topological polar surface area (TPSA) is 65.2 Å². The third-order valence-electron chi connectivity index (χ3n) is 3.29. The molecule has 0 atom stereocenters.